The van der Waals surface area contributed by atoms with Crippen LogP contribution in [0.3, 0.4) is 0 Å². The summed E-state index contributed by atoms with van der Waals surface area (Å²) in [5.74, 6) is 0. The standard InChI is InChI=1S/C129H126BN5/c1-122(2,3)90-59-85(60-91(73-90)123(4,5)6)105-67-83(80-41-27-25-28-42-80)68-106(86-61-92(124(7,8)9)74-93(62-86)125(10,11)12)120(105)134-115-77-98(132-111-51-37-33-47-101(111)102-48-34-38-52-112(102)132)55-57-109(115)130-110-58-56-99(133-113-53-39-35-49-103(113)104-50-36-40-54-114(104)133)78-116(110)135(118-72-84(71-117(134)119(118)130)81-43-29-26-30-44-81)121-107(87-63-94(126(13,14)15)75-95(64-87)127(16,17)18)69-89(100-46-32-31-45-82(100)79-131)70-108(121)88-65-96(128(19,20)21)76-97(66-88)129(22,23)24/h25-78H,1-24H3. The summed E-state index contributed by atoms with van der Waals surface area (Å²) < 4.78 is 5.06. The third kappa shape index (κ3) is 15.9. The number of benzene rings is 16. The maximum Gasteiger partial charge on any atom is 0.252 e. The Morgan fingerprint density at radius 3 is 0.756 bits per heavy atom. The Kier molecular flexibility index (Phi) is 21.3. The third-order valence-electron chi connectivity index (χ3n) is 28.9. The number of nitrogens with zero attached hydrogens (tertiary/aromatic N) is 5. The van der Waals surface area contributed by atoms with Crippen LogP contribution in [0.4, 0.5) is 34.1 Å². The summed E-state index contributed by atoms with van der Waals surface area (Å²) in [5.41, 5.74) is 40.2. The zero-order chi connectivity index (χ0) is 95.0. The minimum atomic E-state index is -0.400. The summed E-state index contributed by atoms with van der Waals surface area (Å²) in [6, 6.07) is 130. The molecule has 670 valence electrons. The van der Waals surface area contributed by atoms with Crippen molar-refractivity contribution in [3.05, 3.63) is 378 Å². The Balaban J connectivity index is 1.05. The van der Waals surface area contributed by atoms with Gasteiger partial charge in [-0.15, -0.1) is 0 Å². The first-order valence-corrected chi connectivity index (χ1v) is 48.6. The van der Waals surface area contributed by atoms with Crippen LogP contribution in [-0.4, -0.2) is 15.8 Å². The number of anilines is 6. The molecule has 16 aromatic carbocycles. The highest BCUT2D eigenvalue weighted by atomic mass is 15.2. The fraction of sp³-hybridized carbons (Fsp3) is 0.248. The van der Waals surface area contributed by atoms with Crippen LogP contribution in [0.25, 0.3) is 133 Å². The molecule has 4 heterocycles. The molecule has 5 nitrogen and oxygen atoms in total. The monoisotopic (exact) mass is 1760 g/mol. The molecule has 0 N–H and O–H groups in total. The molecule has 135 heavy (non-hydrogen) atoms. The van der Waals surface area contributed by atoms with E-state index in [-0.39, 0.29) is 43.3 Å². The number of para-hydroxylation sites is 4. The minimum absolute atomic E-state index is 0.248. The fourth-order valence-corrected chi connectivity index (χ4v) is 20.9. The van der Waals surface area contributed by atoms with E-state index in [1.54, 1.807) is 0 Å². The van der Waals surface area contributed by atoms with E-state index in [9.17, 15) is 5.26 Å². The molecule has 0 aliphatic carbocycles. The fourth-order valence-electron chi connectivity index (χ4n) is 20.9. The van der Waals surface area contributed by atoms with Crippen molar-refractivity contribution in [3.8, 4) is 95.3 Å². The van der Waals surface area contributed by atoms with E-state index >= 15 is 0 Å². The van der Waals surface area contributed by atoms with Crippen LogP contribution < -0.4 is 26.2 Å². The van der Waals surface area contributed by atoms with Crippen molar-refractivity contribution in [1.82, 2.24) is 9.13 Å². The average Bonchev–Trinajstić information content (AvgIpc) is 1.67. The predicted molar refractivity (Wildman–Crippen MR) is 582 cm³/mol. The summed E-state index contributed by atoms with van der Waals surface area (Å²) in [6.07, 6.45) is 0. The Morgan fingerprint density at radius 1 is 0.215 bits per heavy atom. The van der Waals surface area contributed by atoms with Crippen LogP contribution in [-0.2, 0) is 43.3 Å². The van der Waals surface area contributed by atoms with E-state index in [1.807, 2.05) is 12.1 Å². The number of nitriles is 1. The minimum Gasteiger partial charge on any atom is -0.310 e. The van der Waals surface area contributed by atoms with Gasteiger partial charge in [0.15, 0.2) is 0 Å². The smallest absolute Gasteiger partial charge is 0.252 e. The highest BCUT2D eigenvalue weighted by Gasteiger charge is 2.47. The Bertz CT molecular complexity index is 7440. The lowest BCUT2D eigenvalue weighted by atomic mass is 9.33. The number of rotatable bonds is 11. The van der Waals surface area contributed by atoms with Crippen molar-refractivity contribution in [3.63, 3.8) is 0 Å². The van der Waals surface area contributed by atoms with Crippen molar-refractivity contribution < 1.29 is 0 Å². The van der Waals surface area contributed by atoms with E-state index < -0.39 is 6.71 Å². The zero-order valence-corrected chi connectivity index (χ0v) is 83.5. The van der Waals surface area contributed by atoms with E-state index in [0.29, 0.717) is 5.56 Å². The van der Waals surface area contributed by atoms with Gasteiger partial charge in [-0.05, 0) is 251 Å². The third-order valence-corrected chi connectivity index (χ3v) is 28.9. The van der Waals surface area contributed by atoms with Gasteiger partial charge in [-0.3, -0.25) is 0 Å². The molecule has 0 bridgehead atoms. The Morgan fingerprint density at radius 2 is 0.467 bits per heavy atom. The summed E-state index contributed by atoms with van der Waals surface area (Å²) >= 11 is 0. The maximum atomic E-state index is 11.6. The topological polar surface area (TPSA) is 40.1 Å². The van der Waals surface area contributed by atoms with Crippen molar-refractivity contribution in [2.75, 3.05) is 9.80 Å². The summed E-state index contributed by atoms with van der Waals surface area (Å²) in [7, 11) is 0. The molecule has 2 aliphatic heterocycles. The van der Waals surface area contributed by atoms with Crippen LogP contribution in [0, 0.1) is 11.3 Å². The first-order valence-electron chi connectivity index (χ1n) is 48.6. The lowest BCUT2D eigenvalue weighted by molar-refractivity contribution is 0.568. The summed E-state index contributed by atoms with van der Waals surface area (Å²) in [5, 5.41) is 16.4. The SMILES string of the molecule is CC(C)(C)c1cc(-c2cc(-c3ccccc3)cc(-c3cc(C(C)(C)C)cc(C(C)(C)C)c3)c2N2c3cc(-n4c5ccccc5c5ccccc54)ccc3B3c4ccc(-n5c6ccccc6c6ccccc65)cc4N(c4c(-c5cc(C(C)(C)C)cc(C(C)(C)C)c5)cc(-c5ccccc5C#N)cc4-c4cc(C(C)(C)C)cc(C(C)(C)C)c4)c4cc(-c5ccccc5)cc2c43)cc(C(C)(C)C)c1. The zero-order valence-electron chi connectivity index (χ0n) is 83.5. The average molecular weight is 1760 g/mol. The second kappa shape index (κ2) is 32.3. The molecule has 0 fully saturated rings. The summed E-state index contributed by atoms with van der Waals surface area (Å²) in [4.78, 5) is 5.58. The molecule has 0 unspecified atom stereocenters. The van der Waals surface area contributed by atoms with Crippen molar-refractivity contribution in [2.24, 2.45) is 0 Å². The van der Waals surface area contributed by atoms with E-state index in [0.717, 1.165) is 145 Å². The summed E-state index contributed by atoms with van der Waals surface area (Å²) in [6.45, 7) is 56.6. The molecule has 0 atom stereocenters. The molecule has 2 aliphatic rings. The van der Waals surface area contributed by atoms with Crippen LogP contribution in [0.5, 0.6) is 0 Å². The molecule has 0 saturated carbocycles. The van der Waals surface area contributed by atoms with Gasteiger partial charge in [0.1, 0.15) is 0 Å². The second-order valence-electron chi connectivity index (χ2n) is 46.7. The van der Waals surface area contributed by atoms with Gasteiger partial charge in [0, 0.05) is 77.9 Å². The predicted octanol–water partition coefficient (Wildman–Crippen LogP) is 33.9. The number of hydrogen-bond donors (Lipinski definition) is 0. The molecular weight excluding hydrogens is 1630 g/mol. The molecule has 2 aromatic heterocycles. The van der Waals surface area contributed by atoms with Gasteiger partial charge in [-0.2, -0.15) is 5.26 Å². The van der Waals surface area contributed by atoms with Crippen LogP contribution >= 0.6 is 0 Å². The molecule has 20 rings (SSSR count). The van der Waals surface area contributed by atoms with Crippen LogP contribution in [0.15, 0.2) is 328 Å². The largest absolute Gasteiger partial charge is 0.310 e. The molecule has 0 saturated heterocycles. The van der Waals surface area contributed by atoms with E-state index in [2.05, 4.69) is 507 Å². The first kappa shape index (κ1) is 89.2. The van der Waals surface area contributed by atoms with E-state index in [1.165, 1.54) is 82.4 Å². The Hall–Kier alpha value is -13.7. The second-order valence-corrected chi connectivity index (χ2v) is 46.7. The van der Waals surface area contributed by atoms with E-state index in [4.69, 9.17) is 0 Å². The molecule has 0 amide bonds. The first-order chi connectivity index (χ1) is 63.9. The molecule has 6 heteroatoms. The maximum absolute atomic E-state index is 11.6. The van der Waals surface area contributed by atoms with Gasteiger partial charge in [-0.1, -0.05) is 403 Å². The van der Waals surface area contributed by atoms with Gasteiger partial charge in [0.2, 0.25) is 0 Å². The number of hydrogen-bond acceptors (Lipinski definition) is 3. The lowest BCUT2D eigenvalue weighted by Gasteiger charge is -2.46. The molecule has 18 aromatic rings. The number of fused-ring (bicyclic) bond motifs is 10. The number of aromatic nitrogens is 2. The molecular formula is C129H126BN5. The normalized spacial score (nSPS) is 13.3. The van der Waals surface area contributed by atoms with Gasteiger partial charge in [0.05, 0.1) is 45.1 Å². The van der Waals surface area contributed by atoms with Crippen molar-refractivity contribution in [1.29, 1.82) is 5.26 Å². The molecule has 0 spiro atoms. The van der Waals surface area contributed by atoms with Gasteiger partial charge < -0.3 is 18.9 Å². The Labute approximate surface area is 802 Å². The van der Waals surface area contributed by atoms with Gasteiger partial charge in [-0.25, -0.2) is 0 Å². The lowest BCUT2D eigenvalue weighted by Crippen LogP contribution is -2.61. The van der Waals surface area contributed by atoms with Gasteiger partial charge >= 0.3 is 0 Å². The quantitative estimate of drug-likeness (QED) is 0.121. The van der Waals surface area contributed by atoms with Crippen LogP contribution in [0.2, 0.25) is 0 Å². The highest BCUT2D eigenvalue weighted by Crippen LogP contribution is 2.58. The van der Waals surface area contributed by atoms with Crippen molar-refractivity contribution >= 4 is 101 Å². The van der Waals surface area contributed by atoms with Gasteiger partial charge in [0.25, 0.3) is 6.71 Å². The highest BCUT2D eigenvalue weighted by molar-refractivity contribution is 7.00. The molecule has 0 radical (unpaired) electrons. The van der Waals surface area contributed by atoms with Crippen molar-refractivity contribution in [2.45, 2.75) is 209 Å². The van der Waals surface area contributed by atoms with Crippen LogP contribution in [0.1, 0.15) is 216 Å².